The second-order valence-corrected chi connectivity index (χ2v) is 7.44. The normalized spacial score (nSPS) is 22.4. The maximum atomic E-state index is 12.5. The highest BCUT2D eigenvalue weighted by molar-refractivity contribution is 7.93. The van der Waals surface area contributed by atoms with Crippen LogP contribution in [0.3, 0.4) is 0 Å². The van der Waals surface area contributed by atoms with Crippen LogP contribution in [0.1, 0.15) is 25.7 Å². The van der Waals surface area contributed by atoms with Gasteiger partial charge in [0.1, 0.15) is 5.25 Å². The molecule has 0 unspecified atom stereocenters. The van der Waals surface area contributed by atoms with E-state index in [4.69, 9.17) is 0 Å². The van der Waals surface area contributed by atoms with Crippen molar-refractivity contribution in [1.82, 2.24) is 9.78 Å². The molecule has 22 heavy (non-hydrogen) atoms. The summed E-state index contributed by atoms with van der Waals surface area (Å²) in [5.41, 5.74) is 1.25. The monoisotopic (exact) mass is 321 g/mol. The lowest BCUT2D eigenvalue weighted by atomic mass is 9.97. The number of aromatic nitrogens is 2. The summed E-state index contributed by atoms with van der Waals surface area (Å²) < 4.78 is 29.2. The van der Waals surface area contributed by atoms with Crippen molar-refractivity contribution in [3.05, 3.63) is 42.7 Å². The van der Waals surface area contributed by atoms with E-state index >= 15 is 0 Å². The number of rotatable bonds is 4. The Morgan fingerprint density at radius 1 is 1.23 bits per heavy atom. The molecule has 0 aliphatic heterocycles. The molecule has 0 amide bonds. The highest BCUT2D eigenvalue weighted by Gasteiger charge is 2.34. The van der Waals surface area contributed by atoms with E-state index in [-0.39, 0.29) is 0 Å². The molecule has 3 rings (SSSR count). The Hall–Kier alpha value is -1.86. The van der Waals surface area contributed by atoms with Gasteiger partial charge in [0, 0.05) is 12.4 Å². The molecule has 0 radical (unpaired) electrons. The van der Waals surface area contributed by atoms with Gasteiger partial charge in [0.25, 0.3) is 0 Å². The van der Waals surface area contributed by atoms with Crippen LogP contribution in [-0.2, 0) is 10.0 Å². The minimum absolute atomic E-state index is 0.478. The highest BCUT2D eigenvalue weighted by atomic mass is 32.2. The molecule has 1 aliphatic carbocycles. The van der Waals surface area contributed by atoms with Gasteiger partial charge >= 0.3 is 0 Å². The highest BCUT2D eigenvalue weighted by Crippen LogP contribution is 2.26. The second kappa shape index (κ2) is 6.10. The zero-order chi connectivity index (χ0) is 15.6. The molecule has 2 aromatic rings. The summed E-state index contributed by atoms with van der Waals surface area (Å²) in [5, 5.41) is 13.3. The molecule has 1 saturated carbocycles. The predicted octanol–water partition coefficient (Wildman–Crippen LogP) is 1.92. The van der Waals surface area contributed by atoms with Gasteiger partial charge < -0.3 is 5.11 Å². The van der Waals surface area contributed by atoms with E-state index in [1.165, 1.54) is 0 Å². The fraction of sp³-hybridized carbons (Fsp3) is 0.400. The summed E-state index contributed by atoms with van der Waals surface area (Å²) in [6.45, 7) is 0. The van der Waals surface area contributed by atoms with Gasteiger partial charge in [-0.05, 0) is 37.1 Å². The maximum absolute atomic E-state index is 12.5. The number of anilines is 1. The predicted molar refractivity (Wildman–Crippen MR) is 84.4 cm³/mol. The van der Waals surface area contributed by atoms with E-state index in [1.807, 2.05) is 6.07 Å². The molecule has 0 saturated heterocycles. The Morgan fingerprint density at radius 3 is 2.77 bits per heavy atom. The van der Waals surface area contributed by atoms with Crippen LogP contribution in [-0.4, -0.2) is 34.7 Å². The molecule has 7 heteroatoms. The summed E-state index contributed by atoms with van der Waals surface area (Å²) in [6.07, 6.45) is 5.40. The number of aliphatic hydroxyl groups is 1. The van der Waals surface area contributed by atoms with E-state index in [9.17, 15) is 13.5 Å². The second-order valence-electron chi connectivity index (χ2n) is 5.54. The first-order valence-electron chi connectivity index (χ1n) is 7.36. The quantitative estimate of drug-likeness (QED) is 0.901. The lowest BCUT2D eigenvalue weighted by Crippen LogP contribution is -2.40. The molecule has 1 aliphatic rings. The lowest BCUT2D eigenvalue weighted by Gasteiger charge is -2.27. The first kappa shape index (κ1) is 15.1. The molecule has 1 aromatic carbocycles. The van der Waals surface area contributed by atoms with Crippen molar-refractivity contribution < 1.29 is 13.5 Å². The fourth-order valence-corrected chi connectivity index (χ4v) is 4.45. The largest absolute Gasteiger partial charge is 0.392 e. The van der Waals surface area contributed by atoms with Crippen LogP contribution in [0.15, 0.2) is 42.7 Å². The molecular formula is C15H19N3O3S. The smallest absolute Gasteiger partial charge is 0.238 e. The van der Waals surface area contributed by atoms with E-state index < -0.39 is 21.4 Å². The summed E-state index contributed by atoms with van der Waals surface area (Å²) >= 11 is 0. The van der Waals surface area contributed by atoms with Crippen LogP contribution in [0.2, 0.25) is 0 Å². The molecule has 2 N–H and O–H groups in total. The number of sulfonamides is 1. The van der Waals surface area contributed by atoms with E-state index in [1.54, 1.807) is 41.3 Å². The molecule has 0 spiro atoms. The van der Waals surface area contributed by atoms with Crippen LogP contribution in [0, 0.1) is 0 Å². The number of nitrogens with one attached hydrogen (secondary N) is 1. The van der Waals surface area contributed by atoms with Crippen molar-refractivity contribution in [2.45, 2.75) is 37.0 Å². The molecule has 0 bridgehead atoms. The number of nitrogens with zero attached hydrogens (tertiary/aromatic N) is 2. The van der Waals surface area contributed by atoms with E-state index in [0.717, 1.165) is 18.5 Å². The fourth-order valence-electron chi connectivity index (χ4n) is 2.81. The van der Waals surface area contributed by atoms with E-state index in [0.29, 0.717) is 18.5 Å². The van der Waals surface area contributed by atoms with Crippen molar-refractivity contribution in [2.75, 3.05) is 4.72 Å². The van der Waals surface area contributed by atoms with Gasteiger partial charge in [-0.15, -0.1) is 0 Å². The van der Waals surface area contributed by atoms with Crippen molar-refractivity contribution in [3.8, 4) is 5.69 Å². The van der Waals surface area contributed by atoms with Gasteiger partial charge in [-0.25, -0.2) is 13.1 Å². The Morgan fingerprint density at radius 2 is 2.05 bits per heavy atom. The number of hydrogen-bond acceptors (Lipinski definition) is 4. The zero-order valence-corrected chi connectivity index (χ0v) is 12.9. The number of hydrogen-bond donors (Lipinski definition) is 2. The molecule has 2 atom stereocenters. The molecule has 1 aromatic heterocycles. The zero-order valence-electron chi connectivity index (χ0n) is 12.1. The third-order valence-electron chi connectivity index (χ3n) is 3.94. The first-order valence-corrected chi connectivity index (χ1v) is 8.91. The average Bonchev–Trinajstić information content (AvgIpc) is 3.01. The summed E-state index contributed by atoms with van der Waals surface area (Å²) in [7, 11) is -3.60. The topological polar surface area (TPSA) is 84.2 Å². The summed E-state index contributed by atoms with van der Waals surface area (Å²) in [4.78, 5) is 0. The van der Waals surface area contributed by atoms with Gasteiger partial charge in [0.2, 0.25) is 10.0 Å². The molecular weight excluding hydrogens is 302 g/mol. The van der Waals surface area contributed by atoms with Gasteiger partial charge in [-0.2, -0.15) is 5.10 Å². The van der Waals surface area contributed by atoms with Crippen LogP contribution >= 0.6 is 0 Å². The molecule has 118 valence electrons. The minimum Gasteiger partial charge on any atom is -0.392 e. The first-order chi connectivity index (χ1) is 10.6. The molecule has 1 fully saturated rings. The van der Waals surface area contributed by atoms with Crippen molar-refractivity contribution >= 4 is 15.7 Å². The van der Waals surface area contributed by atoms with Gasteiger partial charge in [0.05, 0.1) is 17.5 Å². The van der Waals surface area contributed by atoms with Crippen molar-refractivity contribution in [2.24, 2.45) is 0 Å². The van der Waals surface area contributed by atoms with E-state index in [2.05, 4.69) is 9.82 Å². The van der Waals surface area contributed by atoms with Crippen molar-refractivity contribution in [3.63, 3.8) is 0 Å². The third-order valence-corrected chi connectivity index (χ3v) is 5.81. The maximum Gasteiger partial charge on any atom is 0.238 e. The van der Waals surface area contributed by atoms with Gasteiger partial charge in [-0.1, -0.05) is 18.9 Å². The Labute approximate surface area is 129 Å². The Bertz CT molecular complexity index is 728. The molecule has 1 heterocycles. The van der Waals surface area contributed by atoms with Gasteiger partial charge in [0.15, 0.2) is 0 Å². The summed E-state index contributed by atoms with van der Waals surface area (Å²) in [6, 6.07) is 8.83. The lowest BCUT2D eigenvalue weighted by molar-refractivity contribution is 0.133. The van der Waals surface area contributed by atoms with Crippen molar-refractivity contribution in [1.29, 1.82) is 0 Å². The SMILES string of the molecule is O=S(=O)(Nc1cccc(-n2cccn2)c1)[C@H]1CCCC[C@@H]1O. The molecule has 6 nitrogen and oxygen atoms in total. The number of benzene rings is 1. The average molecular weight is 321 g/mol. The minimum atomic E-state index is -3.60. The Balaban J connectivity index is 1.82. The van der Waals surface area contributed by atoms with Crippen LogP contribution in [0.4, 0.5) is 5.69 Å². The van der Waals surface area contributed by atoms with Gasteiger partial charge in [-0.3, -0.25) is 4.72 Å². The van der Waals surface area contributed by atoms with Crippen LogP contribution in [0.5, 0.6) is 0 Å². The third kappa shape index (κ3) is 3.15. The standard InChI is InChI=1S/C15H19N3O3S/c19-14-7-1-2-8-15(14)22(20,21)17-12-5-3-6-13(11-12)18-10-4-9-16-18/h3-6,9-11,14-15,17,19H,1-2,7-8H2/t14-,15-/m0/s1. The summed E-state index contributed by atoms with van der Waals surface area (Å²) in [5.74, 6) is 0. The Kier molecular flexibility index (Phi) is 4.17. The van der Waals surface area contributed by atoms with Crippen LogP contribution < -0.4 is 4.72 Å². The number of aliphatic hydroxyl groups excluding tert-OH is 1. The van der Waals surface area contributed by atoms with Crippen LogP contribution in [0.25, 0.3) is 5.69 Å².